The average Bonchev–Trinajstić information content (AvgIpc) is 3.24. The molecule has 142 valence electrons. The Morgan fingerprint density at radius 1 is 1.31 bits per heavy atom. The number of halogens is 2. The number of alkyl halides is 2. The molecule has 8 heteroatoms. The van der Waals surface area contributed by atoms with E-state index >= 15 is 0 Å². The van der Waals surface area contributed by atoms with Crippen LogP contribution in [0.15, 0.2) is 27.2 Å². The molecule has 0 atom stereocenters. The average molecular weight is 368 g/mol. The second-order valence-electron chi connectivity index (χ2n) is 5.71. The first kappa shape index (κ1) is 19.7. The Labute approximate surface area is 150 Å². The van der Waals surface area contributed by atoms with E-state index in [1.54, 1.807) is 19.9 Å². The number of carbonyl (C=O) groups excluding carboxylic acids is 2. The van der Waals surface area contributed by atoms with Gasteiger partial charge in [0, 0.05) is 31.6 Å². The van der Waals surface area contributed by atoms with E-state index in [9.17, 15) is 18.4 Å². The zero-order chi connectivity index (χ0) is 19.3. The lowest BCUT2D eigenvalue weighted by molar-refractivity contribution is 0.0707. The summed E-state index contributed by atoms with van der Waals surface area (Å²) in [7, 11) is 0. The maximum absolute atomic E-state index is 12.7. The third-order valence-corrected chi connectivity index (χ3v) is 3.99. The van der Waals surface area contributed by atoms with Crippen LogP contribution in [0.5, 0.6) is 0 Å². The van der Waals surface area contributed by atoms with Crippen molar-refractivity contribution in [3.8, 4) is 0 Å². The van der Waals surface area contributed by atoms with E-state index in [1.165, 1.54) is 17.2 Å². The standard InChI is InChI=1S/C18H22F2N2O4/c1-4-13-12(6-9-25-13)17(23)21-7-8-22(5-2)18(24)15-11(3)10-14(26-15)16(19)20/h6,9-10,16H,4-5,7-8H2,1-3H3,(H,21,23). The summed E-state index contributed by atoms with van der Waals surface area (Å²) in [6.45, 7) is 5.98. The summed E-state index contributed by atoms with van der Waals surface area (Å²) in [6.07, 6.45) is -0.720. The lowest BCUT2D eigenvalue weighted by atomic mass is 10.2. The number of aryl methyl sites for hydroxylation is 2. The van der Waals surface area contributed by atoms with Crippen molar-refractivity contribution in [2.24, 2.45) is 0 Å². The molecule has 0 saturated heterocycles. The fourth-order valence-electron chi connectivity index (χ4n) is 2.59. The molecule has 2 aromatic rings. The first-order chi connectivity index (χ1) is 12.4. The Morgan fingerprint density at radius 2 is 2.04 bits per heavy atom. The van der Waals surface area contributed by atoms with Crippen LogP contribution in [0.25, 0.3) is 0 Å². The number of likely N-dealkylation sites (N-methyl/N-ethyl adjacent to an activating group) is 1. The summed E-state index contributed by atoms with van der Waals surface area (Å²) >= 11 is 0. The second kappa shape index (κ2) is 8.64. The van der Waals surface area contributed by atoms with E-state index in [-0.39, 0.29) is 24.8 Å². The third kappa shape index (κ3) is 4.30. The van der Waals surface area contributed by atoms with Crippen molar-refractivity contribution in [3.05, 3.63) is 46.8 Å². The minimum atomic E-state index is -2.77. The van der Waals surface area contributed by atoms with Gasteiger partial charge >= 0.3 is 0 Å². The lowest BCUT2D eigenvalue weighted by Gasteiger charge is -2.20. The van der Waals surface area contributed by atoms with Gasteiger partial charge in [0.1, 0.15) is 5.76 Å². The van der Waals surface area contributed by atoms with Gasteiger partial charge in [0.2, 0.25) is 0 Å². The monoisotopic (exact) mass is 368 g/mol. The molecule has 0 aromatic carbocycles. The summed E-state index contributed by atoms with van der Waals surface area (Å²) in [5.74, 6) is -0.799. The van der Waals surface area contributed by atoms with Crippen LogP contribution in [0.1, 0.15) is 58.3 Å². The molecule has 0 aliphatic heterocycles. The second-order valence-corrected chi connectivity index (χ2v) is 5.71. The minimum Gasteiger partial charge on any atom is -0.469 e. The van der Waals surface area contributed by atoms with Gasteiger partial charge in [-0.2, -0.15) is 0 Å². The Kier molecular flexibility index (Phi) is 6.54. The topological polar surface area (TPSA) is 75.7 Å². The highest BCUT2D eigenvalue weighted by molar-refractivity contribution is 5.95. The molecule has 2 amide bonds. The van der Waals surface area contributed by atoms with Gasteiger partial charge in [-0.15, -0.1) is 0 Å². The van der Waals surface area contributed by atoms with Gasteiger partial charge in [-0.1, -0.05) is 6.92 Å². The highest BCUT2D eigenvalue weighted by atomic mass is 19.3. The normalized spacial score (nSPS) is 11.0. The van der Waals surface area contributed by atoms with Crippen molar-refractivity contribution in [2.75, 3.05) is 19.6 Å². The summed E-state index contributed by atoms with van der Waals surface area (Å²) < 4.78 is 35.7. The Hall–Kier alpha value is -2.64. The third-order valence-electron chi connectivity index (χ3n) is 3.99. The number of nitrogens with zero attached hydrogens (tertiary/aromatic N) is 1. The number of hydrogen-bond acceptors (Lipinski definition) is 4. The maximum Gasteiger partial charge on any atom is 0.295 e. The van der Waals surface area contributed by atoms with Gasteiger partial charge in [-0.05, 0) is 26.0 Å². The highest BCUT2D eigenvalue weighted by Crippen LogP contribution is 2.25. The van der Waals surface area contributed by atoms with Crippen LogP contribution in [-0.2, 0) is 6.42 Å². The number of carbonyl (C=O) groups is 2. The molecule has 0 saturated carbocycles. The van der Waals surface area contributed by atoms with Crippen LogP contribution in [-0.4, -0.2) is 36.3 Å². The summed E-state index contributed by atoms with van der Waals surface area (Å²) in [4.78, 5) is 26.1. The van der Waals surface area contributed by atoms with Gasteiger partial charge in [-0.25, -0.2) is 8.78 Å². The van der Waals surface area contributed by atoms with Crippen LogP contribution in [0.2, 0.25) is 0 Å². The zero-order valence-corrected chi connectivity index (χ0v) is 15.0. The molecule has 1 N–H and O–H groups in total. The lowest BCUT2D eigenvalue weighted by Crippen LogP contribution is -2.38. The van der Waals surface area contributed by atoms with Gasteiger partial charge in [0.25, 0.3) is 18.2 Å². The van der Waals surface area contributed by atoms with Crippen LogP contribution in [0.4, 0.5) is 8.78 Å². The smallest absolute Gasteiger partial charge is 0.295 e. The Bertz CT molecular complexity index is 767. The highest BCUT2D eigenvalue weighted by Gasteiger charge is 2.24. The van der Waals surface area contributed by atoms with Gasteiger partial charge < -0.3 is 19.1 Å². The molecule has 0 aliphatic rings. The van der Waals surface area contributed by atoms with Crippen molar-refractivity contribution >= 4 is 11.8 Å². The summed E-state index contributed by atoms with van der Waals surface area (Å²) in [5, 5.41) is 2.73. The molecule has 26 heavy (non-hydrogen) atoms. The number of hydrogen-bond donors (Lipinski definition) is 1. The number of amides is 2. The largest absolute Gasteiger partial charge is 0.469 e. The molecule has 2 heterocycles. The van der Waals surface area contributed by atoms with Crippen molar-refractivity contribution in [2.45, 2.75) is 33.6 Å². The molecule has 0 spiro atoms. The van der Waals surface area contributed by atoms with E-state index < -0.39 is 18.1 Å². The van der Waals surface area contributed by atoms with E-state index in [2.05, 4.69) is 5.32 Å². The van der Waals surface area contributed by atoms with Gasteiger partial charge in [0.15, 0.2) is 11.5 Å². The van der Waals surface area contributed by atoms with E-state index in [0.29, 0.717) is 29.9 Å². The Morgan fingerprint density at radius 3 is 2.62 bits per heavy atom. The molecule has 2 aromatic heterocycles. The fourth-order valence-corrected chi connectivity index (χ4v) is 2.59. The quantitative estimate of drug-likeness (QED) is 0.773. The molecule has 0 unspecified atom stereocenters. The van der Waals surface area contributed by atoms with Gasteiger partial charge in [0.05, 0.1) is 11.8 Å². The van der Waals surface area contributed by atoms with Crippen molar-refractivity contribution in [1.29, 1.82) is 0 Å². The van der Waals surface area contributed by atoms with Crippen LogP contribution < -0.4 is 5.32 Å². The first-order valence-corrected chi connectivity index (χ1v) is 8.41. The molecule has 0 radical (unpaired) electrons. The summed E-state index contributed by atoms with van der Waals surface area (Å²) in [5.41, 5.74) is 0.823. The van der Waals surface area contributed by atoms with Crippen molar-refractivity contribution in [3.63, 3.8) is 0 Å². The number of rotatable bonds is 8. The molecular formula is C18H22F2N2O4. The molecule has 0 aliphatic carbocycles. The first-order valence-electron chi connectivity index (χ1n) is 8.41. The fraction of sp³-hybridized carbons (Fsp3) is 0.444. The number of nitrogens with one attached hydrogen (secondary N) is 1. The molecule has 2 rings (SSSR count). The van der Waals surface area contributed by atoms with E-state index in [0.717, 1.165) is 0 Å². The van der Waals surface area contributed by atoms with E-state index in [4.69, 9.17) is 8.83 Å². The zero-order valence-electron chi connectivity index (χ0n) is 15.0. The van der Waals surface area contributed by atoms with Crippen LogP contribution in [0, 0.1) is 6.92 Å². The SMILES string of the molecule is CCc1occc1C(=O)NCCN(CC)C(=O)c1oc(C(F)F)cc1C. The Balaban J connectivity index is 1.97. The molecule has 0 fully saturated rings. The predicted octanol–water partition coefficient (Wildman–Crippen LogP) is 3.57. The van der Waals surface area contributed by atoms with Crippen LogP contribution in [0.3, 0.4) is 0 Å². The van der Waals surface area contributed by atoms with Crippen molar-refractivity contribution in [1.82, 2.24) is 10.2 Å². The van der Waals surface area contributed by atoms with Gasteiger partial charge in [-0.3, -0.25) is 9.59 Å². The molecular weight excluding hydrogens is 346 g/mol. The minimum absolute atomic E-state index is 0.100. The van der Waals surface area contributed by atoms with Crippen LogP contribution >= 0.6 is 0 Å². The van der Waals surface area contributed by atoms with E-state index in [1.807, 2.05) is 6.92 Å². The molecule has 6 nitrogen and oxygen atoms in total. The summed E-state index contributed by atoms with van der Waals surface area (Å²) in [6, 6.07) is 2.76. The predicted molar refractivity (Wildman–Crippen MR) is 90.4 cm³/mol. The maximum atomic E-state index is 12.7. The molecule has 0 bridgehead atoms. The number of furan rings is 2. The van der Waals surface area contributed by atoms with Crippen molar-refractivity contribution < 1.29 is 27.2 Å².